The first-order valence-corrected chi connectivity index (χ1v) is 9.08. The lowest BCUT2D eigenvalue weighted by atomic mass is 10.1. The average Bonchev–Trinajstić information content (AvgIpc) is 2.94. The molecular weight excluding hydrogens is 316 g/mol. The maximum Gasteiger partial charge on any atom is 0.319 e. The van der Waals surface area contributed by atoms with Gasteiger partial charge in [-0.1, -0.05) is 12.1 Å². The summed E-state index contributed by atoms with van der Waals surface area (Å²) in [4.78, 5) is 12.2. The fourth-order valence-corrected chi connectivity index (χ4v) is 2.68. The Bertz CT molecular complexity index is 781. The smallest absolute Gasteiger partial charge is 0.319 e. The predicted molar refractivity (Wildman–Crippen MR) is 88.0 cm³/mol. The first kappa shape index (κ1) is 17.0. The topological polar surface area (TPSA) is 93.1 Å². The van der Waals surface area contributed by atoms with E-state index in [1.54, 1.807) is 29.2 Å². The summed E-state index contributed by atoms with van der Waals surface area (Å²) in [6.07, 6.45) is 4.48. The van der Waals surface area contributed by atoms with Crippen molar-refractivity contribution in [2.24, 2.45) is 0 Å². The zero-order valence-corrected chi connectivity index (χ0v) is 14.1. The molecule has 7 nitrogen and oxygen atoms in total. The average molecular weight is 336 g/mol. The minimum Gasteiger partial charge on any atom is -0.331 e. The molecule has 0 saturated heterocycles. The maximum absolute atomic E-state index is 12.0. The number of rotatable bonds is 5. The molecule has 1 heterocycles. The third kappa shape index (κ3) is 4.56. The molecule has 0 radical (unpaired) electrons. The third-order valence-corrected chi connectivity index (χ3v) is 4.50. The lowest BCUT2D eigenvalue weighted by Gasteiger charge is -2.15. The van der Waals surface area contributed by atoms with Crippen LogP contribution in [-0.4, -0.2) is 30.5 Å². The Labute approximate surface area is 135 Å². The van der Waals surface area contributed by atoms with E-state index in [0.717, 1.165) is 18.4 Å². The number of urea groups is 1. The van der Waals surface area contributed by atoms with Gasteiger partial charge in [-0.05, 0) is 31.5 Å². The Morgan fingerprint density at radius 3 is 2.48 bits per heavy atom. The van der Waals surface area contributed by atoms with Crippen molar-refractivity contribution in [2.45, 2.75) is 31.3 Å². The number of sulfone groups is 1. The molecule has 1 atom stereocenters. The molecule has 2 N–H and O–H groups in total. The quantitative estimate of drug-likeness (QED) is 0.875. The summed E-state index contributed by atoms with van der Waals surface area (Å²) in [6, 6.07) is 5.84. The van der Waals surface area contributed by atoms with Crippen LogP contribution in [0.1, 0.15) is 25.5 Å². The van der Waals surface area contributed by atoms with Crippen LogP contribution in [0.2, 0.25) is 0 Å². The van der Waals surface area contributed by atoms with Crippen LogP contribution in [0, 0.1) is 0 Å². The van der Waals surface area contributed by atoms with Gasteiger partial charge < -0.3 is 10.6 Å². The van der Waals surface area contributed by atoms with Crippen LogP contribution in [0.15, 0.2) is 41.6 Å². The fraction of sp³-hybridized carbons (Fsp3) is 0.333. The Kier molecular flexibility index (Phi) is 5.05. The van der Waals surface area contributed by atoms with Gasteiger partial charge in [-0.3, -0.25) is 4.68 Å². The molecule has 0 bridgehead atoms. The number of amides is 2. The summed E-state index contributed by atoms with van der Waals surface area (Å²) in [5, 5.41) is 9.57. The normalized spacial score (nSPS) is 12.7. The van der Waals surface area contributed by atoms with E-state index < -0.39 is 9.84 Å². The van der Waals surface area contributed by atoms with Crippen molar-refractivity contribution in [3.63, 3.8) is 0 Å². The first-order valence-electron chi connectivity index (χ1n) is 7.19. The SMILES string of the molecule is CCn1cc(NC(=O)NC(C)c2ccc(S(C)(=O)=O)cc2)cn1. The van der Waals surface area contributed by atoms with Gasteiger partial charge in [0.1, 0.15) is 0 Å². The van der Waals surface area contributed by atoms with Crippen molar-refractivity contribution >= 4 is 21.6 Å². The van der Waals surface area contributed by atoms with E-state index in [1.807, 2.05) is 13.8 Å². The monoisotopic (exact) mass is 336 g/mol. The van der Waals surface area contributed by atoms with Crippen molar-refractivity contribution in [2.75, 3.05) is 11.6 Å². The second-order valence-corrected chi connectivity index (χ2v) is 7.26. The zero-order chi connectivity index (χ0) is 17.0. The highest BCUT2D eigenvalue weighted by molar-refractivity contribution is 7.90. The lowest BCUT2D eigenvalue weighted by Crippen LogP contribution is -2.31. The highest BCUT2D eigenvalue weighted by atomic mass is 32.2. The number of nitrogens with one attached hydrogen (secondary N) is 2. The summed E-state index contributed by atoms with van der Waals surface area (Å²) in [7, 11) is -3.22. The number of benzene rings is 1. The van der Waals surface area contributed by atoms with Crippen LogP contribution in [-0.2, 0) is 16.4 Å². The van der Waals surface area contributed by atoms with Crippen LogP contribution < -0.4 is 10.6 Å². The minimum absolute atomic E-state index is 0.255. The number of carbonyl (C=O) groups excluding carboxylic acids is 1. The van der Waals surface area contributed by atoms with Crippen molar-refractivity contribution in [3.05, 3.63) is 42.2 Å². The maximum atomic E-state index is 12.0. The molecular formula is C15H20N4O3S. The van der Waals surface area contributed by atoms with Crippen molar-refractivity contribution in [1.29, 1.82) is 0 Å². The number of aryl methyl sites for hydroxylation is 1. The van der Waals surface area contributed by atoms with Gasteiger partial charge in [-0.25, -0.2) is 13.2 Å². The van der Waals surface area contributed by atoms with Crippen LogP contribution in [0.5, 0.6) is 0 Å². The first-order chi connectivity index (χ1) is 10.8. The van der Waals surface area contributed by atoms with Gasteiger partial charge >= 0.3 is 6.03 Å². The zero-order valence-electron chi connectivity index (χ0n) is 13.3. The standard InChI is InChI=1S/C15H20N4O3S/c1-4-19-10-13(9-16-19)18-15(20)17-11(2)12-5-7-14(8-6-12)23(3,21)22/h5-11H,4H2,1-3H3,(H2,17,18,20). The molecule has 0 fully saturated rings. The van der Waals surface area contributed by atoms with E-state index in [1.165, 1.54) is 12.1 Å². The summed E-state index contributed by atoms with van der Waals surface area (Å²) in [5.74, 6) is 0. The number of hydrogen-bond acceptors (Lipinski definition) is 4. The fourth-order valence-electron chi connectivity index (χ4n) is 2.05. The molecule has 0 aliphatic carbocycles. The molecule has 2 aromatic rings. The summed E-state index contributed by atoms with van der Waals surface area (Å²) < 4.78 is 24.6. The van der Waals surface area contributed by atoms with Gasteiger partial charge in [0.15, 0.2) is 9.84 Å². The Balaban J connectivity index is 1.98. The molecule has 0 aliphatic rings. The van der Waals surface area contributed by atoms with Crippen LogP contribution in [0.4, 0.5) is 10.5 Å². The van der Waals surface area contributed by atoms with Crippen molar-refractivity contribution in [3.8, 4) is 0 Å². The molecule has 1 aromatic heterocycles. The van der Waals surface area contributed by atoms with Gasteiger partial charge in [-0.15, -0.1) is 0 Å². The van der Waals surface area contributed by atoms with E-state index >= 15 is 0 Å². The van der Waals surface area contributed by atoms with E-state index in [0.29, 0.717) is 5.69 Å². The molecule has 2 rings (SSSR count). The summed E-state index contributed by atoms with van der Waals surface area (Å²) in [6.45, 7) is 4.51. The van der Waals surface area contributed by atoms with Gasteiger partial charge in [0, 0.05) is 19.0 Å². The van der Waals surface area contributed by atoms with E-state index in [4.69, 9.17) is 0 Å². The molecule has 124 valence electrons. The van der Waals surface area contributed by atoms with Crippen LogP contribution >= 0.6 is 0 Å². The number of carbonyl (C=O) groups is 1. The molecule has 1 aromatic carbocycles. The lowest BCUT2D eigenvalue weighted by molar-refractivity contribution is 0.249. The molecule has 23 heavy (non-hydrogen) atoms. The highest BCUT2D eigenvalue weighted by Crippen LogP contribution is 2.16. The highest BCUT2D eigenvalue weighted by Gasteiger charge is 2.12. The largest absolute Gasteiger partial charge is 0.331 e. The summed E-state index contributed by atoms with van der Waals surface area (Å²) in [5.41, 5.74) is 1.43. The van der Waals surface area contributed by atoms with Gasteiger partial charge in [0.2, 0.25) is 0 Å². The molecule has 0 saturated carbocycles. The van der Waals surface area contributed by atoms with Crippen LogP contribution in [0.25, 0.3) is 0 Å². The Morgan fingerprint density at radius 1 is 1.30 bits per heavy atom. The molecule has 1 unspecified atom stereocenters. The molecule has 8 heteroatoms. The number of aromatic nitrogens is 2. The van der Waals surface area contributed by atoms with E-state index in [-0.39, 0.29) is 17.0 Å². The van der Waals surface area contributed by atoms with Gasteiger partial charge in [0.05, 0.1) is 22.8 Å². The van der Waals surface area contributed by atoms with E-state index in [9.17, 15) is 13.2 Å². The van der Waals surface area contributed by atoms with Gasteiger partial charge in [-0.2, -0.15) is 5.10 Å². The number of anilines is 1. The Morgan fingerprint density at radius 2 is 1.96 bits per heavy atom. The van der Waals surface area contributed by atoms with Crippen molar-refractivity contribution < 1.29 is 13.2 Å². The predicted octanol–water partition coefficient (Wildman–Crippen LogP) is 2.19. The Hall–Kier alpha value is -2.35. The van der Waals surface area contributed by atoms with Crippen molar-refractivity contribution in [1.82, 2.24) is 15.1 Å². The third-order valence-electron chi connectivity index (χ3n) is 3.37. The number of hydrogen-bond donors (Lipinski definition) is 2. The van der Waals surface area contributed by atoms with Gasteiger partial charge in [0.25, 0.3) is 0 Å². The van der Waals surface area contributed by atoms with E-state index in [2.05, 4.69) is 15.7 Å². The number of nitrogens with zero attached hydrogens (tertiary/aromatic N) is 2. The minimum atomic E-state index is -3.22. The molecule has 0 aliphatic heterocycles. The second kappa shape index (κ2) is 6.82. The van der Waals surface area contributed by atoms with Crippen LogP contribution in [0.3, 0.4) is 0 Å². The summed E-state index contributed by atoms with van der Waals surface area (Å²) >= 11 is 0. The molecule has 2 amide bonds. The second-order valence-electron chi connectivity index (χ2n) is 5.25. The molecule has 0 spiro atoms.